The normalized spacial score (nSPS) is 12.3. The van der Waals surface area contributed by atoms with Crippen LogP contribution < -0.4 is 5.32 Å². The van der Waals surface area contributed by atoms with E-state index in [-0.39, 0.29) is 6.04 Å². The first-order chi connectivity index (χ1) is 5.86. The first kappa shape index (κ1) is 8.82. The second kappa shape index (κ2) is 4.58. The zero-order valence-corrected chi connectivity index (χ0v) is 7.08. The van der Waals surface area contributed by atoms with E-state index in [4.69, 9.17) is 6.42 Å². The highest BCUT2D eigenvalue weighted by atomic mass is 16.5. The molecule has 0 bridgehead atoms. The summed E-state index contributed by atoms with van der Waals surface area (Å²) in [5.74, 6) is 2.64. The maximum Gasteiger partial charge on any atom is 0.124 e. The number of hydrogen-bond donors (Lipinski definition) is 1. The Balaban J connectivity index is 2.31. The molecule has 0 aliphatic rings. The Morgan fingerprint density at radius 3 is 3.17 bits per heavy atom. The molecule has 0 aliphatic carbocycles. The van der Waals surface area contributed by atoms with Crippen LogP contribution >= 0.6 is 0 Å². The monoisotopic (exact) mass is 164 g/mol. The van der Waals surface area contributed by atoms with Crippen LogP contribution in [0.5, 0.6) is 0 Å². The highest BCUT2D eigenvalue weighted by Gasteiger charge is 2.01. The molecule has 0 saturated carbocycles. The summed E-state index contributed by atoms with van der Waals surface area (Å²) in [6, 6.07) is 1.94. The fourth-order valence-corrected chi connectivity index (χ4v) is 0.878. The molecule has 0 amide bonds. The van der Waals surface area contributed by atoms with Gasteiger partial charge >= 0.3 is 0 Å². The van der Waals surface area contributed by atoms with Crippen molar-refractivity contribution in [3.63, 3.8) is 0 Å². The van der Waals surface area contributed by atoms with Crippen molar-refractivity contribution in [1.82, 2.24) is 10.5 Å². The number of terminal acetylenes is 1. The highest BCUT2D eigenvalue weighted by Crippen LogP contribution is 1.95. The molecule has 0 fully saturated rings. The van der Waals surface area contributed by atoms with Gasteiger partial charge in [0, 0.05) is 12.6 Å². The molecular formula is C9H12N2O. The number of nitrogens with zero attached hydrogens (tertiary/aromatic N) is 1. The van der Waals surface area contributed by atoms with Gasteiger partial charge in [-0.2, -0.15) is 0 Å². The van der Waals surface area contributed by atoms with Crippen LogP contribution in [-0.4, -0.2) is 11.2 Å². The van der Waals surface area contributed by atoms with Gasteiger partial charge in [0.05, 0.1) is 11.7 Å². The Morgan fingerprint density at radius 1 is 1.83 bits per heavy atom. The Kier molecular flexibility index (Phi) is 3.36. The molecule has 0 aromatic carbocycles. The van der Waals surface area contributed by atoms with E-state index in [2.05, 4.69) is 20.9 Å². The van der Waals surface area contributed by atoms with Gasteiger partial charge in [0.2, 0.25) is 0 Å². The van der Waals surface area contributed by atoms with Crippen LogP contribution in [0.25, 0.3) is 0 Å². The van der Waals surface area contributed by atoms with Crippen molar-refractivity contribution in [1.29, 1.82) is 0 Å². The van der Waals surface area contributed by atoms with Crippen molar-refractivity contribution in [2.75, 3.05) is 0 Å². The Labute approximate surface area is 72.1 Å². The van der Waals surface area contributed by atoms with E-state index in [9.17, 15) is 0 Å². The first-order valence-corrected chi connectivity index (χ1v) is 3.95. The highest BCUT2D eigenvalue weighted by molar-refractivity contribution is 5.01. The van der Waals surface area contributed by atoms with Crippen molar-refractivity contribution in [2.45, 2.75) is 25.9 Å². The SMILES string of the molecule is C#CC(CC)NCc1ccon1. The van der Waals surface area contributed by atoms with Gasteiger partial charge in [-0.3, -0.25) is 5.32 Å². The number of aromatic nitrogens is 1. The predicted octanol–water partition coefficient (Wildman–Crippen LogP) is 1.18. The lowest BCUT2D eigenvalue weighted by Gasteiger charge is -2.07. The van der Waals surface area contributed by atoms with Crippen molar-refractivity contribution in [3.05, 3.63) is 18.0 Å². The third-order valence-corrected chi connectivity index (χ3v) is 1.63. The van der Waals surface area contributed by atoms with E-state index >= 15 is 0 Å². The average molecular weight is 164 g/mol. The van der Waals surface area contributed by atoms with Gasteiger partial charge < -0.3 is 4.52 Å². The zero-order chi connectivity index (χ0) is 8.81. The lowest BCUT2D eigenvalue weighted by molar-refractivity contribution is 0.407. The average Bonchev–Trinajstić information content (AvgIpc) is 2.59. The van der Waals surface area contributed by atoms with Crippen LogP contribution in [0.4, 0.5) is 0 Å². The summed E-state index contributed by atoms with van der Waals surface area (Å²) in [7, 11) is 0. The van der Waals surface area contributed by atoms with Crippen LogP contribution in [0.2, 0.25) is 0 Å². The van der Waals surface area contributed by atoms with E-state index in [0.717, 1.165) is 12.1 Å². The minimum absolute atomic E-state index is 0.127. The molecule has 1 aromatic heterocycles. The first-order valence-electron chi connectivity index (χ1n) is 3.95. The largest absolute Gasteiger partial charge is 0.364 e. The molecule has 0 saturated heterocycles. The molecule has 64 valence electrons. The number of hydrogen-bond acceptors (Lipinski definition) is 3. The van der Waals surface area contributed by atoms with E-state index in [1.165, 1.54) is 0 Å². The van der Waals surface area contributed by atoms with Crippen molar-refractivity contribution >= 4 is 0 Å². The number of rotatable bonds is 4. The van der Waals surface area contributed by atoms with Crippen molar-refractivity contribution < 1.29 is 4.52 Å². The molecular weight excluding hydrogens is 152 g/mol. The molecule has 3 heteroatoms. The fourth-order valence-electron chi connectivity index (χ4n) is 0.878. The minimum Gasteiger partial charge on any atom is -0.364 e. The van der Waals surface area contributed by atoms with E-state index in [1.807, 2.05) is 13.0 Å². The topological polar surface area (TPSA) is 38.1 Å². The van der Waals surface area contributed by atoms with Gasteiger partial charge in [0.25, 0.3) is 0 Å². The van der Waals surface area contributed by atoms with E-state index < -0.39 is 0 Å². The molecule has 0 spiro atoms. The molecule has 1 heterocycles. The van der Waals surface area contributed by atoms with Crippen LogP contribution in [0.3, 0.4) is 0 Å². The van der Waals surface area contributed by atoms with Crippen LogP contribution in [-0.2, 0) is 6.54 Å². The van der Waals surface area contributed by atoms with Gasteiger partial charge in [-0.1, -0.05) is 18.0 Å². The van der Waals surface area contributed by atoms with Gasteiger partial charge in [-0.05, 0) is 6.42 Å². The van der Waals surface area contributed by atoms with E-state index in [0.29, 0.717) is 6.54 Å². The van der Waals surface area contributed by atoms with Gasteiger partial charge in [0.15, 0.2) is 0 Å². The lowest BCUT2D eigenvalue weighted by atomic mass is 10.2. The summed E-state index contributed by atoms with van der Waals surface area (Å²) in [6.07, 6.45) is 7.74. The molecule has 1 unspecified atom stereocenters. The molecule has 0 aliphatic heterocycles. The molecule has 3 nitrogen and oxygen atoms in total. The Bertz CT molecular complexity index is 248. The smallest absolute Gasteiger partial charge is 0.124 e. The Hall–Kier alpha value is -1.27. The van der Waals surface area contributed by atoms with Gasteiger partial charge in [0.1, 0.15) is 6.26 Å². The minimum atomic E-state index is 0.127. The standard InChI is InChI=1S/C9H12N2O/c1-3-8(4-2)10-7-9-5-6-12-11-9/h1,5-6,8,10H,4,7H2,2H3. The predicted molar refractivity (Wildman–Crippen MR) is 46.3 cm³/mol. The lowest BCUT2D eigenvalue weighted by Crippen LogP contribution is -2.26. The quantitative estimate of drug-likeness (QED) is 0.679. The molecule has 0 radical (unpaired) electrons. The third-order valence-electron chi connectivity index (χ3n) is 1.63. The summed E-state index contributed by atoms with van der Waals surface area (Å²) in [5.41, 5.74) is 0.878. The van der Waals surface area contributed by atoms with Gasteiger partial charge in [-0.25, -0.2) is 0 Å². The fraction of sp³-hybridized carbons (Fsp3) is 0.444. The summed E-state index contributed by atoms with van der Waals surface area (Å²) in [4.78, 5) is 0. The third kappa shape index (κ3) is 2.40. The molecule has 12 heavy (non-hydrogen) atoms. The van der Waals surface area contributed by atoms with Crippen molar-refractivity contribution in [2.24, 2.45) is 0 Å². The molecule has 1 rings (SSSR count). The molecule has 1 aromatic rings. The summed E-state index contributed by atoms with van der Waals surface area (Å²) < 4.78 is 4.67. The van der Waals surface area contributed by atoms with Crippen LogP contribution in [0.1, 0.15) is 19.0 Å². The molecule has 1 atom stereocenters. The maximum atomic E-state index is 5.27. The van der Waals surface area contributed by atoms with Gasteiger partial charge in [-0.15, -0.1) is 6.42 Å². The van der Waals surface area contributed by atoms with Crippen LogP contribution in [0, 0.1) is 12.3 Å². The second-order valence-electron chi connectivity index (χ2n) is 2.50. The van der Waals surface area contributed by atoms with Crippen molar-refractivity contribution in [3.8, 4) is 12.3 Å². The number of nitrogens with one attached hydrogen (secondary N) is 1. The zero-order valence-electron chi connectivity index (χ0n) is 7.08. The summed E-state index contributed by atoms with van der Waals surface area (Å²) >= 11 is 0. The summed E-state index contributed by atoms with van der Waals surface area (Å²) in [6.45, 7) is 2.71. The van der Waals surface area contributed by atoms with Crippen LogP contribution in [0.15, 0.2) is 16.9 Å². The maximum absolute atomic E-state index is 5.27. The Morgan fingerprint density at radius 2 is 2.67 bits per heavy atom. The molecule has 1 N–H and O–H groups in total. The van der Waals surface area contributed by atoms with E-state index in [1.54, 1.807) is 6.26 Å². The summed E-state index contributed by atoms with van der Waals surface area (Å²) in [5, 5.41) is 6.91. The second-order valence-corrected chi connectivity index (χ2v) is 2.50.